The van der Waals surface area contributed by atoms with E-state index >= 15 is 0 Å². The number of amides is 2. The van der Waals surface area contributed by atoms with Gasteiger partial charge in [0.15, 0.2) is 0 Å². The number of ether oxygens (including phenoxy) is 1. The van der Waals surface area contributed by atoms with Crippen molar-refractivity contribution in [2.45, 2.75) is 32.4 Å². The molecule has 0 heterocycles. The van der Waals surface area contributed by atoms with Crippen LogP contribution in [-0.4, -0.2) is 36.4 Å². The number of hydrogen-bond donors (Lipinski definition) is 3. The van der Waals surface area contributed by atoms with Gasteiger partial charge < -0.3 is 20.5 Å². The number of rotatable bonds is 7. The van der Waals surface area contributed by atoms with Gasteiger partial charge in [0.2, 0.25) is 0 Å². The molecule has 0 fully saturated rings. The summed E-state index contributed by atoms with van der Waals surface area (Å²) < 4.78 is 18.4. The normalized spacial score (nSPS) is 13.4. The summed E-state index contributed by atoms with van der Waals surface area (Å²) in [7, 11) is 0. The van der Waals surface area contributed by atoms with E-state index in [-0.39, 0.29) is 37.1 Å². The minimum atomic E-state index is -0.367. The molecular formula is C14H21FN2O3. The fourth-order valence-corrected chi connectivity index (χ4v) is 1.56. The zero-order chi connectivity index (χ0) is 15.0. The third-order valence-electron chi connectivity index (χ3n) is 2.73. The van der Waals surface area contributed by atoms with Crippen LogP contribution in [0.5, 0.6) is 5.75 Å². The molecule has 0 aliphatic heterocycles. The molecule has 0 saturated carbocycles. The first-order valence-electron chi connectivity index (χ1n) is 6.62. The summed E-state index contributed by atoms with van der Waals surface area (Å²) in [6.45, 7) is 3.83. The largest absolute Gasteiger partial charge is 0.489 e. The molecule has 0 aromatic heterocycles. The smallest absolute Gasteiger partial charge is 0.315 e. The predicted molar refractivity (Wildman–Crippen MR) is 74.2 cm³/mol. The van der Waals surface area contributed by atoms with Crippen LogP contribution in [0.2, 0.25) is 0 Å². The Kier molecular flexibility index (Phi) is 6.79. The van der Waals surface area contributed by atoms with Crippen molar-refractivity contribution in [3.05, 3.63) is 30.1 Å². The first-order valence-corrected chi connectivity index (χ1v) is 6.62. The summed E-state index contributed by atoms with van der Waals surface area (Å²) in [5, 5.41) is 14.2. The molecule has 20 heavy (non-hydrogen) atoms. The van der Waals surface area contributed by atoms with Gasteiger partial charge >= 0.3 is 6.03 Å². The molecule has 0 bridgehead atoms. The van der Waals surface area contributed by atoms with Crippen LogP contribution in [0, 0.1) is 5.82 Å². The highest BCUT2D eigenvalue weighted by molar-refractivity contribution is 5.74. The summed E-state index contributed by atoms with van der Waals surface area (Å²) in [6, 6.07) is 5.22. The highest BCUT2D eigenvalue weighted by Gasteiger charge is 2.10. The lowest BCUT2D eigenvalue weighted by atomic mass is 10.2. The maximum atomic E-state index is 13.0. The molecule has 1 aromatic rings. The van der Waals surface area contributed by atoms with Gasteiger partial charge in [0.1, 0.15) is 17.7 Å². The Balaban J connectivity index is 2.32. The van der Waals surface area contributed by atoms with Crippen LogP contribution in [0.15, 0.2) is 24.3 Å². The Morgan fingerprint density at radius 2 is 2.25 bits per heavy atom. The molecule has 0 aliphatic carbocycles. The number of hydrogen-bond acceptors (Lipinski definition) is 3. The molecule has 0 saturated heterocycles. The van der Waals surface area contributed by atoms with Gasteiger partial charge in [-0.1, -0.05) is 13.0 Å². The van der Waals surface area contributed by atoms with Gasteiger partial charge in [-0.25, -0.2) is 9.18 Å². The summed E-state index contributed by atoms with van der Waals surface area (Å²) in [5.41, 5.74) is 0. The molecule has 5 nitrogen and oxygen atoms in total. The van der Waals surface area contributed by atoms with Crippen LogP contribution in [0.25, 0.3) is 0 Å². The van der Waals surface area contributed by atoms with Crippen molar-refractivity contribution in [3.63, 3.8) is 0 Å². The van der Waals surface area contributed by atoms with Crippen LogP contribution < -0.4 is 15.4 Å². The number of urea groups is 1. The molecular weight excluding hydrogens is 263 g/mol. The zero-order valence-electron chi connectivity index (χ0n) is 11.7. The topological polar surface area (TPSA) is 70.6 Å². The molecule has 3 N–H and O–H groups in total. The predicted octanol–water partition coefficient (Wildman–Crippen LogP) is 1.66. The number of carbonyl (C=O) groups excluding carboxylic acids is 1. The van der Waals surface area contributed by atoms with Gasteiger partial charge in [0.25, 0.3) is 0 Å². The second-order valence-electron chi connectivity index (χ2n) is 4.53. The summed E-state index contributed by atoms with van der Waals surface area (Å²) in [6.07, 6.45) is 0.357. The van der Waals surface area contributed by atoms with Gasteiger partial charge in [-0.05, 0) is 25.5 Å². The molecule has 0 aliphatic rings. The van der Waals surface area contributed by atoms with E-state index in [0.29, 0.717) is 12.2 Å². The number of nitrogens with one attached hydrogen (secondary N) is 2. The minimum Gasteiger partial charge on any atom is -0.489 e. The van der Waals surface area contributed by atoms with Crippen molar-refractivity contribution in [2.24, 2.45) is 0 Å². The van der Waals surface area contributed by atoms with E-state index in [2.05, 4.69) is 10.6 Å². The maximum absolute atomic E-state index is 13.0. The standard InChI is InChI=1S/C14H21FN2O3/c1-3-12(9-18)17-14(19)16-8-10(2)20-13-6-4-5-11(15)7-13/h4-7,10,12,18H,3,8-9H2,1-2H3,(H2,16,17,19). The van der Waals surface area contributed by atoms with E-state index in [1.807, 2.05) is 6.92 Å². The third kappa shape index (κ3) is 5.88. The highest BCUT2D eigenvalue weighted by Crippen LogP contribution is 2.13. The maximum Gasteiger partial charge on any atom is 0.315 e. The van der Waals surface area contributed by atoms with Crippen molar-refractivity contribution in [3.8, 4) is 5.75 Å². The van der Waals surface area contributed by atoms with Gasteiger partial charge in [0.05, 0.1) is 19.2 Å². The van der Waals surface area contributed by atoms with Crippen LogP contribution >= 0.6 is 0 Å². The molecule has 2 unspecified atom stereocenters. The summed E-state index contributed by atoms with van der Waals surface area (Å²) >= 11 is 0. The first kappa shape index (κ1) is 16.2. The first-order chi connectivity index (χ1) is 9.55. The lowest BCUT2D eigenvalue weighted by Crippen LogP contribution is -2.46. The van der Waals surface area contributed by atoms with Crippen molar-refractivity contribution in [2.75, 3.05) is 13.2 Å². The average molecular weight is 284 g/mol. The van der Waals surface area contributed by atoms with Crippen molar-refractivity contribution in [1.29, 1.82) is 0 Å². The van der Waals surface area contributed by atoms with E-state index in [0.717, 1.165) is 0 Å². The van der Waals surface area contributed by atoms with Crippen LogP contribution in [0.4, 0.5) is 9.18 Å². The van der Waals surface area contributed by atoms with E-state index in [4.69, 9.17) is 9.84 Å². The molecule has 6 heteroatoms. The lowest BCUT2D eigenvalue weighted by Gasteiger charge is -2.18. The Morgan fingerprint density at radius 3 is 2.85 bits per heavy atom. The Morgan fingerprint density at radius 1 is 1.50 bits per heavy atom. The lowest BCUT2D eigenvalue weighted by molar-refractivity contribution is 0.197. The number of aliphatic hydroxyl groups excluding tert-OH is 1. The van der Waals surface area contributed by atoms with Crippen LogP contribution in [0.1, 0.15) is 20.3 Å². The quantitative estimate of drug-likeness (QED) is 0.713. The molecule has 2 atom stereocenters. The second-order valence-corrected chi connectivity index (χ2v) is 4.53. The Bertz CT molecular complexity index is 425. The molecule has 1 aromatic carbocycles. The molecule has 112 valence electrons. The van der Waals surface area contributed by atoms with Crippen molar-refractivity contribution >= 4 is 6.03 Å². The van der Waals surface area contributed by atoms with Gasteiger partial charge in [-0.3, -0.25) is 0 Å². The highest BCUT2D eigenvalue weighted by atomic mass is 19.1. The number of halogens is 1. The van der Waals surface area contributed by atoms with Crippen molar-refractivity contribution in [1.82, 2.24) is 10.6 Å². The summed E-state index contributed by atoms with van der Waals surface area (Å²) in [5.74, 6) is 0.0515. The van der Waals surface area contributed by atoms with E-state index in [9.17, 15) is 9.18 Å². The van der Waals surface area contributed by atoms with Crippen LogP contribution in [0.3, 0.4) is 0 Å². The van der Waals surface area contributed by atoms with Gasteiger partial charge in [-0.15, -0.1) is 0 Å². The third-order valence-corrected chi connectivity index (χ3v) is 2.73. The van der Waals surface area contributed by atoms with Gasteiger partial charge in [-0.2, -0.15) is 0 Å². The van der Waals surface area contributed by atoms with Crippen LogP contribution in [-0.2, 0) is 0 Å². The molecule has 0 radical (unpaired) electrons. The fraction of sp³-hybridized carbons (Fsp3) is 0.500. The van der Waals surface area contributed by atoms with E-state index in [1.54, 1.807) is 19.1 Å². The monoisotopic (exact) mass is 284 g/mol. The second kappa shape index (κ2) is 8.37. The van der Waals surface area contributed by atoms with E-state index < -0.39 is 0 Å². The minimum absolute atomic E-state index is 0.0980. The summed E-state index contributed by atoms with van der Waals surface area (Å²) in [4.78, 5) is 11.5. The number of aliphatic hydroxyl groups is 1. The molecule has 1 rings (SSSR count). The molecule has 0 spiro atoms. The van der Waals surface area contributed by atoms with E-state index in [1.165, 1.54) is 12.1 Å². The zero-order valence-corrected chi connectivity index (χ0v) is 11.7. The number of benzene rings is 1. The Hall–Kier alpha value is -1.82. The number of carbonyl (C=O) groups is 1. The molecule has 2 amide bonds. The Labute approximate surface area is 118 Å². The van der Waals surface area contributed by atoms with Gasteiger partial charge in [0, 0.05) is 6.07 Å². The SMILES string of the molecule is CCC(CO)NC(=O)NCC(C)Oc1cccc(F)c1. The average Bonchev–Trinajstić information content (AvgIpc) is 2.42. The fourth-order valence-electron chi connectivity index (χ4n) is 1.56. The van der Waals surface area contributed by atoms with Crippen molar-refractivity contribution < 1.29 is 19.0 Å².